The Bertz CT molecular complexity index is 6.85. The fraction of sp³-hybridized carbons (Fsp3) is 0. The normalized spacial score (nSPS) is 0. The zero-order valence-electron chi connectivity index (χ0n) is 2.04. The van der Waals surface area contributed by atoms with Crippen molar-refractivity contribution in [2.24, 2.45) is 0 Å². The second kappa shape index (κ2) is 39.4. The molecular weight excluding hydrogens is 475 g/mol. The monoisotopic (exact) mass is 475 g/mol. The van der Waals surface area contributed by atoms with Crippen molar-refractivity contribution in [1.29, 1.82) is 0 Å². The summed E-state index contributed by atoms with van der Waals surface area (Å²) in [7, 11) is 0. The molecule has 0 aliphatic carbocycles. The predicted molar refractivity (Wildman–Crippen MR) is 2.06 cm³/mol. The second-order valence-electron chi connectivity index (χ2n) is 0. The molecule has 0 N–H and O–H groups in total. The Morgan fingerprint density at radius 3 is 0.600 bits per heavy atom. The summed E-state index contributed by atoms with van der Waals surface area (Å²) in [6, 6.07) is 0. The minimum atomic E-state index is 0. The van der Waals surface area contributed by atoms with Gasteiger partial charge < -0.3 is 16.4 Å². The molecule has 0 amide bonds. The second-order valence-corrected chi connectivity index (χ2v) is 0. The maximum Gasteiger partial charge on any atom is 4.00 e. The SMILES string of the molecule is [O-2].[O-2].[O-2].[Pt+2].[Th+4]. The van der Waals surface area contributed by atoms with Crippen LogP contribution < -0.4 is 0 Å². The van der Waals surface area contributed by atoms with Gasteiger partial charge in [-0.05, 0) is 0 Å². The van der Waals surface area contributed by atoms with Gasteiger partial charge in [-0.3, -0.25) is 0 Å². The zero-order valence-corrected chi connectivity index (χ0v) is 8.42. The molecule has 0 saturated heterocycles. The molecule has 5 heavy (non-hydrogen) atoms. The van der Waals surface area contributed by atoms with Gasteiger partial charge >= 0.3 is 61.0 Å². The molecule has 0 aromatic carbocycles. The molecule has 0 radical (unpaired) electrons. The smallest absolute Gasteiger partial charge is 2.00 e. The average Bonchev–Trinajstić information content (AvgIpc) is 0. The summed E-state index contributed by atoms with van der Waals surface area (Å²) in [4.78, 5) is 0. The maximum atomic E-state index is 0. The summed E-state index contributed by atoms with van der Waals surface area (Å²) in [6.07, 6.45) is 0. The number of rotatable bonds is 0. The zero-order chi connectivity index (χ0) is 0. The average molecular weight is 475 g/mol. The van der Waals surface area contributed by atoms with Crippen LogP contribution in [0.3, 0.4) is 0 Å². The van der Waals surface area contributed by atoms with Crippen LogP contribution in [0.2, 0.25) is 0 Å². The molecule has 0 aliphatic heterocycles. The van der Waals surface area contributed by atoms with Gasteiger partial charge in [-0.15, -0.1) is 0 Å². The quantitative estimate of drug-likeness (QED) is 0.459. The van der Waals surface area contributed by atoms with E-state index in [1.54, 1.807) is 0 Å². The van der Waals surface area contributed by atoms with Crippen LogP contribution in [0.25, 0.3) is 0 Å². The van der Waals surface area contributed by atoms with Crippen molar-refractivity contribution >= 4 is 0 Å². The molecule has 32 valence electrons. The molecule has 0 rings (SSSR count). The summed E-state index contributed by atoms with van der Waals surface area (Å²) in [5.74, 6) is 0. The van der Waals surface area contributed by atoms with E-state index in [0.717, 1.165) is 0 Å². The predicted octanol–water partition coefficient (Wildman–Crippen LogP) is -0.359. The molecular formula is O3PtTh. The van der Waals surface area contributed by atoms with E-state index in [2.05, 4.69) is 0 Å². The first-order valence-electron chi connectivity index (χ1n) is 0. The Morgan fingerprint density at radius 2 is 0.600 bits per heavy atom. The van der Waals surface area contributed by atoms with E-state index in [0.29, 0.717) is 0 Å². The van der Waals surface area contributed by atoms with E-state index in [-0.39, 0.29) is 77.4 Å². The fourth-order valence-electron chi connectivity index (χ4n) is 0. The van der Waals surface area contributed by atoms with Crippen LogP contribution in [-0.2, 0) is 37.5 Å². The van der Waals surface area contributed by atoms with Crippen molar-refractivity contribution in [2.45, 2.75) is 0 Å². The van der Waals surface area contributed by atoms with Crippen LogP contribution in [0.1, 0.15) is 0 Å². The molecule has 0 spiro atoms. The third-order valence-electron chi connectivity index (χ3n) is 0. The maximum absolute atomic E-state index is 0. The van der Waals surface area contributed by atoms with E-state index in [1.807, 2.05) is 0 Å². The summed E-state index contributed by atoms with van der Waals surface area (Å²) >= 11 is 0. The van der Waals surface area contributed by atoms with Crippen molar-refractivity contribution in [1.82, 2.24) is 0 Å². The first-order chi connectivity index (χ1) is 0. The van der Waals surface area contributed by atoms with Gasteiger partial charge in [-0.1, -0.05) is 0 Å². The van der Waals surface area contributed by atoms with Crippen LogP contribution in [0.5, 0.6) is 0 Å². The molecule has 0 bridgehead atoms. The molecule has 0 saturated carbocycles. The van der Waals surface area contributed by atoms with E-state index < -0.39 is 0 Å². The van der Waals surface area contributed by atoms with E-state index in [1.165, 1.54) is 0 Å². The largest absolute Gasteiger partial charge is 4.00 e. The van der Waals surface area contributed by atoms with Gasteiger partial charge in [0, 0.05) is 0 Å². The van der Waals surface area contributed by atoms with Crippen molar-refractivity contribution < 1.29 is 77.4 Å². The van der Waals surface area contributed by atoms with Gasteiger partial charge in [0.25, 0.3) is 0 Å². The Labute approximate surface area is 76.4 Å². The van der Waals surface area contributed by atoms with Crippen molar-refractivity contribution in [3.05, 3.63) is 0 Å². The van der Waals surface area contributed by atoms with Gasteiger partial charge in [-0.2, -0.15) is 0 Å². The van der Waals surface area contributed by atoms with E-state index in [4.69, 9.17) is 0 Å². The van der Waals surface area contributed by atoms with Gasteiger partial charge in [0.05, 0.1) is 0 Å². The van der Waals surface area contributed by atoms with Crippen molar-refractivity contribution in [2.75, 3.05) is 0 Å². The molecule has 0 aromatic rings. The summed E-state index contributed by atoms with van der Waals surface area (Å²) < 4.78 is 0. The number of hydrogen-bond acceptors (Lipinski definition) is 0. The van der Waals surface area contributed by atoms with Crippen molar-refractivity contribution in [3.8, 4) is 0 Å². The molecule has 0 fully saturated rings. The Balaban J connectivity index is 0. The molecule has 0 aliphatic rings. The molecule has 0 heterocycles. The number of hydrogen-bond donors (Lipinski definition) is 0. The Hall–Kier alpha value is 1.89. The molecule has 0 atom stereocenters. The molecule has 0 aromatic heterocycles. The van der Waals surface area contributed by atoms with Crippen LogP contribution in [0, 0.1) is 39.9 Å². The van der Waals surface area contributed by atoms with Gasteiger partial charge in [0.2, 0.25) is 0 Å². The van der Waals surface area contributed by atoms with Crippen LogP contribution in [-0.4, -0.2) is 0 Å². The minimum Gasteiger partial charge on any atom is -2.00 e. The first kappa shape index (κ1) is 66.8. The molecule has 5 heteroatoms. The van der Waals surface area contributed by atoms with Gasteiger partial charge in [0.1, 0.15) is 0 Å². The summed E-state index contributed by atoms with van der Waals surface area (Å²) in [6.45, 7) is 0. The van der Waals surface area contributed by atoms with E-state index in [9.17, 15) is 0 Å². The first-order valence-corrected chi connectivity index (χ1v) is 0. The van der Waals surface area contributed by atoms with Gasteiger partial charge in [-0.25, -0.2) is 0 Å². The third-order valence-corrected chi connectivity index (χ3v) is 0. The van der Waals surface area contributed by atoms with E-state index >= 15 is 0 Å². The third kappa shape index (κ3) is 24.9. The Kier molecular flexibility index (Phi) is 526. The molecule has 3 nitrogen and oxygen atoms in total. The van der Waals surface area contributed by atoms with Gasteiger partial charge in [0.15, 0.2) is 0 Å². The van der Waals surface area contributed by atoms with Crippen molar-refractivity contribution in [3.63, 3.8) is 0 Å². The van der Waals surface area contributed by atoms with Crippen LogP contribution >= 0.6 is 0 Å². The molecule has 0 unspecified atom stereocenters. The standard InChI is InChI=1S/3O.Pt.Th/q3*-2;+2;+4. The topological polar surface area (TPSA) is 85.5 Å². The Morgan fingerprint density at radius 1 is 0.600 bits per heavy atom. The summed E-state index contributed by atoms with van der Waals surface area (Å²) in [5.41, 5.74) is 0. The fourth-order valence-corrected chi connectivity index (χ4v) is 0. The summed E-state index contributed by atoms with van der Waals surface area (Å²) in [5, 5.41) is 0. The van der Waals surface area contributed by atoms with Crippen LogP contribution in [0.4, 0.5) is 0 Å². The minimum absolute atomic E-state index is 0. The van der Waals surface area contributed by atoms with Crippen LogP contribution in [0.15, 0.2) is 0 Å².